The molecule has 0 saturated heterocycles. The second-order valence-electron chi connectivity index (χ2n) is 4.07. The molecule has 1 aromatic rings. The molecule has 0 aliphatic rings. The van der Waals surface area contributed by atoms with Crippen LogP contribution in [0.1, 0.15) is 33.1 Å². The van der Waals surface area contributed by atoms with Gasteiger partial charge in [-0.25, -0.2) is 0 Å². The third kappa shape index (κ3) is 7.12. The van der Waals surface area contributed by atoms with E-state index in [1.54, 1.807) is 0 Å². The standard InChI is InChI=1S/C12H22ClN5O/c1-3-5-8-19-9-7-15-12-17-10(13)16-11(18-12)14-6-4-2/h3-9H2,1-2H3,(H2,14,15,16,17,18). The van der Waals surface area contributed by atoms with Crippen LogP contribution in [0.4, 0.5) is 11.9 Å². The molecule has 7 heteroatoms. The molecule has 0 amide bonds. The number of ether oxygens (including phenoxy) is 1. The van der Waals surface area contributed by atoms with E-state index in [-0.39, 0.29) is 5.28 Å². The van der Waals surface area contributed by atoms with Gasteiger partial charge in [0.05, 0.1) is 6.61 Å². The normalized spacial score (nSPS) is 10.5. The molecule has 0 aromatic carbocycles. The SMILES string of the molecule is CCCCOCCNc1nc(Cl)nc(NCCC)n1. The first-order valence-electron chi connectivity index (χ1n) is 6.73. The van der Waals surface area contributed by atoms with Gasteiger partial charge < -0.3 is 15.4 Å². The minimum atomic E-state index is 0.183. The molecule has 0 radical (unpaired) electrons. The quantitative estimate of drug-likeness (QED) is 0.645. The summed E-state index contributed by atoms with van der Waals surface area (Å²) in [7, 11) is 0. The van der Waals surface area contributed by atoms with E-state index in [4.69, 9.17) is 16.3 Å². The lowest BCUT2D eigenvalue weighted by molar-refractivity contribution is 0.141. The Morgan fingerprint density at radius 3 is 2.26 bits per heavy atom. The van der Waals surface area contributed by atoms with E-state index < -0.39 is 0 Å². The van der Waals surface area contributed by atoms with E-state index in [2.05, 4.69) is 39.4 Å². The Balaban J connectivity index is 2.34. The van der Waals surface area contributed by atoms with Crippen molar-refractivity contribution in [2.45, 2.75) is 33.1 Å². The van der Waals surface area contributed by atoms with Crippen LogP contribution in [0.3, 0.4) is 0 Å². The first-order valence-corrected chi connectivity index (χ1v) is 7.11. The van der Waals surface area contributed by atoms with Gasteiger partial charge in [0.1, 0.15) is 0 Å². The van der Waals surface area contributed by atoms with Crippen LogP contribution in [0.15, 0.2) is 0 Å². The number of aromatic nitrogens is 3. The lowest BCUT2D eigenvalue weighted by atomic mass is 10.4. The number of rotatable bonds is 10. The Morgan fingerprint density at radius 2 is 1.63 bits per heavy atom. The van der Waals surface area contributed by atoms with Crippen molar-refractivity contribution < 1.29 is 4.74 Å². The monoisotopic (exact) mass is 287 g/mol. The van der Waals surface area contributed by atoms with Crippen molar-refractivity contribution in [3.8, 4) is 0 Å². The fourth-order valence-corrected chi connectivity index (χ4v) is 1.49. The van der Waals surface area contributed by atoms with Crippen molar-refractivity contribution in [1.29, 1.82) is 0 Å². The zero-order valence-corrected chi connectivity index (χ0v) is 12.3. The Kier molecular flexibility index (Phi) is 8.16. The van der Waals surface area contributed by atoms with E-state index in [1.807, 2.05) is 0 Å². The summed E-state index contributed by atoms with van der Waals surface area (Å²) in [5.41, 5.74) is 0. The average molecular weight is 288 g/mol. The average Bonchev–Trinajstić information content (AvgIpc) is 2.40. The smallest absolute Gasteiger partial charge is 0.228 e. The Hall–Kier alpha value is -1.14. The number of halogens is 1. The van der Waals surface area contributed by atoms with Crippen molar-refractivity contribution in [3.63, 3.8) is 0 Å². The molecule has 0 fully saturated rings. The van der Waals surface area contributed by atoms with Gasteiger partial charge in [0.25, 0.3) is 0 Å². The zero-order valence-electron chi connectivity index (χ0n) is 11.6. The van der Waals surface area contributed by atoms with Crippen LogP contribution in [-0.2, 0) is 4.74 Å². The van der Waals surface area contributed by atoms with Gasteiger partial charge in [-0.05, 0) is 24.4 Å². The molecule has 1 heterocycles. The number of unbranched alkanes of at least 4 members (excludes halogenated alkanes) is 1. The molecule has 0 spiro atoms. The molecule has 0 aliphatic carbocycles. The van der Waals surface area contributed by atoms with Crippen LogP contribution in [0.5, 0.6) is 0 Å². The summed E-state index contributed by atoms with van der Waals surface area (Å²) < 4.78 is 5.44. The van der Waals surface area contributed by atoms with Crippen LogP contribution >= 0.6 is 11.6 Å². The first kappa shape index (κ1) is 15.9. The van der Waals surface area contributed by atoms with Crippen molar-refractivity contribution in [2.75, 3.05) is 36.9 Å². The van der Waals surface area contributed by atoms with Crippen molar-refractivity contribution >= 4 is 23.5 Å². The highest BCUT2D eigenvalue weighted by molar-refractivity contribution is 6.28. The molecule has 0 bridgehead atoms. The van der Waals surface area contributed by atoms with Gasteiger partial charge in [-0.1, -0.05) is 20.3 Å². The highest BCUT2D eigenvalue weighted by atomic mass is 35.5. The maximum absolute atomic E-state index is 5.84. The minimum absolute atomic E-state index is 0.183. The van der Waals surface area contributed by atoms with Crippen molar-refractivity contribution in [1.82, 2.24) is 15.0 Å². The van der Waals surface area contributed by atoms with Crippen molar-refractivity contribution in [3.05, 3.63) is 5.28 Å². The molecular formula is C12H22ClN5O. The lowest BCUT2D eigenvalue weighted by Crippen LogP contribution is -2.14. The Morgan fingerprint density at radius 1 is 0.947 bits per heavy atom. The highest BCUT2D eigenvalue weighted by Crippen LogP contribution is 2.09. The third-order valence-electron chi connectivity index (χ3n) is 2.31. The number of hydrogen-bond donors (Lipinski definition) is 2. The lowest BCUT2D eigenvalue weighted by Gasteiger charge is -2.08. The molecule has 6 nitrogen and oxygen atoms in total. The van der Waals surface area contributed by atoms with Crippen LogP contribution in [0.2, 0.25) is 5.28 Å². The minimum Gasteiger partial charge on any atom is -0.380 e. The number of anilines is 2. The van der Waals surface area contributed by atoms with E-state index in [1.165, 1.54) is 0 Å². The van der Waals surface area contributed by atoms with E-state index in [9.17, 15) is 0 Å². The summed E-state index contributed by atoms with van der Waals surface area (Å²) in [6, 6.07) is 0. The maximum atomic E-state index is 5.84. The molecule has 0 saturated carbocycles. The van der Waals surface area contributed by atoms with E-state index in [0.29, 0.717) is 25.0 Å². The fourth-order valence-electron chi connectivity index (χ4n) is 1.33. The molecule has 0 aliphatic heterocycles. The predicted octanol–water partition coefficient (Wildman–Crippen LogP) is 2.58. The van der Waals surface area contributed by atoms with E-state index >= 15 is 0 Å². The molecule has 1 aromatic heterocycles. The molecule has 1 rings (SSSR count). The van der Waals surface area contributed by atoms with E-state index in [0.717, 1.165) is 32.4 Å². The van der Waals surface area contributed by atoms with Gasteiger partial charge in [-0.3, -0.25) is 0 Å². The molecule has 0 atom stereocenters. The Bertz CT molecular complexity index is 364. The van der Waals surface area contributed by atoms with Crippen LogP contribution in [0, 0.1) is 0 Å². The second-order valence-corrected chi connectivity index (χ2v) is 4.41. The molecule has 19 heavy (non-hydrogen) atoms. The highest BCUT2D eigenvalue weighted by Gasteiger charge is 2.03. The largest absolute Gasteiger partial charge is 0.380 e. The van der Waals surface area contributed by atoms with Gasteiger partial charge in [-0.15, -0.1) is 0 Å². The molecular weight excluding hydrogens is 266 g/mol. The van der Waals surface area contributed by atoms with Crippen LogP contribution < -0.4 is 10.6 Å². The Labute approximate surface area is 119 Å². The topological polar surface area (TPSA) is 72.0 Å². The summed E-state index contributed by atoms with van der Waals surface area (Å²) in [6.07, 6.45) is 3.23. The number of hydrogen-bond acceptors (Lipinski definition) is 6. The van der Waals surface area contributed by atoms with Gasteiger partial charge in [0.2, 0.25) is 17.2 Å². The maximum Gasteiger partial charge on any atom is 0.228 e. The van der Waals surface area contributed by atoms with Gasteiger partial charge in [0.15, 0.2) is 0 Å². The van der Waals surface area contributed by atoms with Gasteiger partial charge >= 0.3 is 0 Å². The molecule has 0 unspecified atom stereocenters. The van der Waals surface area contributed by atoms with Crippen LogP contribution in [-0.4, -0.2) is 41.3 Å². The summed E-state index contributed by atoms with van der Waals surface area (Å²) in [5.74, 6) is 0.967. The summed E-state index contributed by atoms with van der Waals surface area (Å²) >= 11 is 5.84. The summed E-state index contributed by atoms with van der Waals surface area (Å²) in [5, 5.41) is 6.33. The number of nitrogens with one attached hydrogen (secondary N) is 2. The summed E-state index contributed by atoms with van der Waals surface area (Å²) in [4.78, 5) is 12.2. The van der Waals surface area contributed by atoms with Gasteiger partial charge in [-0.2, -0.15) is 15.0 Å². The first-order chi connectivity index (χ1) is 9.26. The fraction of sp³-hybridized carbons (Fsp3) is 0.750. The molecule has 2 N–H and O–H groups in total. The second kappa shape index (κ2) is 9.75. The molecule has 108 valence electrons. The summed E-state index contributed by atoms with van der Waals surface area (Å²) in [6.45, 7) is 7.08. The third-order valence-corrected chi connectivity index (χ3v) is 2.48. The van der Waals surface area contributed by atoms with Crippen molar-refractivity contribution in [2.24, 2.45) is 0 Å². The van der Waals surface area contributed by atoms with Crippen LogP contribution in [0.25, 0.3) is 0 Å². The predicted molar refractivity (Wildman–Crippen MR) is 77.8 cm³/mol. The zero-order chi connectivity index (χ0) is 13.9. The van der Waals surface area contributed by atoms with Gasteiger partial charge in [0, 0.05) is 19.7 Å². The number of nitrogens with zero attached hydrogens (tertiary/aromatic N) is 3.